The average Bonchev–Trinajstić information content (AvgIpc) is 2.77. The second-order valence-corrected chi connectivity index (χ2v) is 8.47. The first kappa shape index (κ1) is 20.4. The van der Waals surface area contributed by atoms with E-state index in [0.717, 1.165) is 44.5 Å². The van der Waals surface area contributed by atoms with Crippen LogP contribution in [-0.2, 0) is 16.0 Å². The van der Waals surface area contributed by atoms with Crippen molar-refractivity contribution in [1.82, 2.24) is 9.80 Å². The molecule has 0 N–H and O–H groups in total. The van der Waals surface area contributed by atoms with E-state index in [2.05, 4.69) is 11.1 Å². The zero-order valence-electron chi connectivity index (χ0n) is 17.7. The predicted molar refractivity (Wildman–Crippen MR) is 116 cm³/mol. The Hall–Kier alpha value is -2.89. The van der Waals surface area contributed by atoms with Crippen molar-refractivity contribution in [3.63, 3.8) is 0 Å². The Morgan fingerprint density at radius 1 is 1.23 bits per heavy atom. The minimum absolute atomic E-state index is 0.0332. The van der Waals surface area contributed by atoms with Crippen LogP contribution in [0.5, 0.6) is 5.75 Å². The van der Waals surface area contributed by atoms with Gasteiger partial charge in [-0.15, -0.1) is 0 Å². The van der Waals surface area contributed by atoms with Crippen molar-refractivity contribution in [1.29, 1.82) is 0 Å². The van der Waals surface area contributed by atoms with Crippen molar-refractivity contribution in [2.75, 3.05) is 20.2 Å². The standard InChI is InChI=1S/C24H29N3O3/c1-24(17-22(28)27-14-6-5-9-21(27)25-24)23(29)26-15-12-18(13-16-26)10-11-19-7-3-4-8-20(19)30-2/h3-9,14,18H,10-13,15-17H2,1-2H3. The minimum atomic E-state index is -1.01. The number of hydrogen-bond acceptors (Lipinski definition) is 4. The van der Waals surface area contributed by atoms with Crippen molar-refractivity contribution in [2.24, 2.45) is 10.9 Å². The Morgan fingerprint density at radius 3 is 2.77 bits per heavy atom. The molecular formula is C24H29N3O3. The zero-order valence-corrected chi connectivity index (χ0v) is 17.7. The van der Waals surface area contributed by atoms with Crippen LogP contribution in [0, 0.1) is 5.92 Å². The number of carbonyl (C=O) groups excluding carboxylic acids is 2. The van der Waals surface area contributed by atoms with E-state index in [1.165, 1.54) is 10.5 Å². The number of amidine groups is 1. The van der Waals surface area contributed by atoms with Gasteiger partial charge in [0, 0.05) is 19.3 Å². The molecule has 3 aliphatic rings. The largest absolute Gasteiger partial charge is 0.496 e. The van der Waals surface area contributed by atoms with Crippen LogP contribution in [0.25, 0.3) is 0 Å². The fourth-order valence-corrected chi connectivity index (χ4v) is 4.57. The van der Waals surface area contributed by atoms with Crippen LogP contribution in [-0.4, -0.2) is 53.2 Å². The van der Waals surface area contributed by atoms with Gasteiger partial charge in [0.1, 0.15) is 17.1 Å². The Morgan fingerprint density at radius 2 is 2.00 bits per heavy atom. The van der Waals surface area contributed by atoms with Crippen molar-refractivity contribution < 1.29 is 14.3 Å². The van der Waals surface area contributed by atoms with E-state index in [1.54, 1.807) is 32.4 Å². The summed E-state index contributed by atoms with van der Waals surface area (Å²) in [7, 11) is 1.71. The second kappa shape index (κ2) is 8.46. The van der Waals surface area contributed by atoms with Gasteiger partial charge in [0.25, 0.3) is 5.91 Å². The maximum Gasteiger partial charge on any atom is 0.250 e. The molecule has 1 unspecified atom stereocenters. The van der Waals surface area contributed by atoms with E-state index in [4.69, 9.17) is 4.74 Å². The third-order valence-corrected chi connectivity index (χ3v) is 6.34. The smallest absolute Gasteiger partial charge is 0.250 e. The first-order valence-corrected chi connectivity index (χ1v) is 10.7. The molecule has 1 aromatic carbocycles. The van der Waals surface area contributed by atoms with Gasteiger partial charge in [-0.25, -0.2) is 0 Å². The van der Waals surface area contributed by atoms with Crippen molar-refractivity contribution in [2.45, 2.75) is 44.6 Å². The van der Waals surface area contributed by atoms with Crippen molar-refractivity contribution >= 4 is 17.6 Å². The molecule has 30 heavy (non-hydrogen) atoms. The number of nitrogens with zero attached hydrogens (tertiary/aromatic N) is 3. The minimum Gasteiger partial charge on any atom is -0.496 e. The number of piperidine rings is 1. The molecular weight excluding hydrogens is 378 g/mol. The molecule has 6 heteroatoms. The van der Waals surface area contributed by atoms with Gasteiger partial charge in [-0.2, -0.15) is 0 Å². The number of methoxy groups -OCH3 is 1. The number of amides is 2. The Kier molecular flexibility index (Phi) is 5.75. The van der Waals surface area contributed by atoms with Gasteiger partial charge in [-0.1, -0.05) is 24.3 Å². The number of para-hydroxylation sites is 1. The van der Waals surface area contributed by atoms with Crippen LogP contribution < -0.4 is 4.74 Å². The van der Waals surface area contributed by atoms with Crippen LogP contribution in [0.2, 0.25) is 0 Å². The van der Waals surface area contributed by atoms with Crippen LogP contribution in [0.4, 0.5) is 0 Å². The Bertz CT molecular complexity index is 912. The summed E-state index contributed by atoms with van der Waals surface area (Å²) >= 11 is 0. The molecule has 1 fully saturated rings. The maximum atomic E-state index is 13.3. The summed E-state index contributed by atoms with van der Waals surface area (Å²) in [4.78, 5) is 33.9. The molecule has 1 atom stereocenters. The molecule has 6 nitrogen and oxygen atoms in total. The molecule has 0 aromatic heterocycles. The number of rotatable bonds is 5. The highest BCUT2D eigenvalue weighted by Gasteiger charge is 2.44. The summed E-state index contributed by atoms with van der Waals surface area (Å²) in [5.74, 6) is 1.97. The normalized spacial score (nSPS) is 23.9. The SMILES string of the molecule is COc1ccccc1CCC1CCN(C(=O)C2(C)CC(=O)N3C=CC=CC3=N2)CC1. The lowest BCUT2D eigenvalue weighted by atomic mass is 9.88. The van der Waals surface area contributed by atoms with E-state index in [-0.39, 0.29) is 18.2 Å². The quantitative estimate of drug-likeness (QED) is 0.752. The molecule has 0 aliphatic carbocycles. The summed E-state index contributed by atoms with van der Waals surface area (Å²) < 4.78 is 5.45. The second-order valence-electron chi connectivity index (χ2n) is 8.47. The summed E-state index contributed by atoms with van der Waals surface area (Å²) in [5, 5.41) is 0. The summed E-state index contributed by atoms with van der Waals surface area (Å²) in [5.41, 5.74) is 0.226. The lowest BCUT2D eigenvalue weighted by molar-refractivity contribution is -0.142. The van der Waals surface area contributed by atoms with Gasteiger partial charge < -0.3 is 9.64 Å². The lowest BCUT2D eigenvalue weighted by Gasteiger charge is -2.39. The predicted octanol–water partition coefficient (Wildman–Crippen LogP) is 3.34. The topological polar surface area (TPSA) is 62.2 Å². The van der Waals surface area contributed by atoms with Crippen molar-refractivity contribution in [3.05, 3.63) is 54.3 Å². The Balaban J connectivity index is 1.35. The number of hydrogen-bond donors (Lipinski definition) is 0. The van der Waals surface area contributed by atoms with E-state index >= 15 is 0 Å². The maximum absolute atomic E-state index is 13.3. The van der Waals surface area contributed by atoms with Gasteiger partial charge in [0.05, 0.1) is 13.5 Å². The molecule has 1 aromatic rings. The van der Waals surface area contributed by atoms with Gasteiger partial charge >= 0.3 is 0 Å². The monoisotopic (exact) mass is 407 g/mol. The molecule has 0 bridgehead atoms. The van der Waals surface area contributed by atoms with Crippen LogP contribution >= 0.6 is 0 Å². The highest BCUT2D eigenvalue weighted by Crippen LogP contribution is 2.31. The average molecular weight is 408 g/mol. The molecule has 0 spiro atoms. The third-order valence-electron chi connectivity index (χ3n) is 6.34. The molecule has 2 amide bonds. The lowest BCUT2D eigenvalue weighted by Crippen LogP contribution is -2.54. The first-order valence-electron chi connectivity index (χ1n) is 10.7. The summed E-state index contributed by atoms with van der Waals surface area (Å²) in [6.45, 7) is 3.24. The molecule has 0 saturated carbocycles. The first-order chi connectivity index (χ1) is 14.5. The summed E-state index contributed by atoms with van der Waals surface area (Å²) in [6.07, 6.45) is 11.3. The summed E-state index contributed by atoms with van der Waals surface area (Å²) in [6, 6.07) is 8.16. The van der Waals surface area contributed by atoms with Crippen LogP contribution in [0.15, 0.2) is 53.7 Å². The number of ether oxygens (including phenoxy) is 1. The van der Waals surface area contributed by atoms with Gasteiger partial charge in [-0.05, 0) is 62.3 Å². The van der Waals surface area contributed by atoms with Gasteiger partial charge in [-0.3, -0.25) is 19.5 Å². The van der Waals surface area contributed by atoms with Gasteiger partial charge in [0.15, 0.2) is 0 Å². The third kappa shape index (κ3) is 4.04. The van der Waals surface area contributed by atoms with Gasteiger partial charge in [0.2, 0.25) is 5.91 Å². The van der Waals surface area contributed by atoms with E-state index in [0.29, 0.717) is 11.8 Å². The number of likely N-dealkylation sites (tertiary alicyclic amines) is 1. The molecule has 158 valence electrons. The fraction of sp³-hybridized carbons (Fsp3) is 0.458. The number of fused-ring (bicyclic) bond motifs is 1. The number of benzene rings is 1. The van der Waals surface area contributed by atoms with Crippen LogP contribution in [0.3, 0.4) is 0 Å². The number of aliphatic imine (C=N–C) groups is 1. The molecule has 3 heterocycles. The number of allylic oxidation sites excluding steroid dienone is 2. The highest BCUT2D eigenvalue weighted by molar-refractivity contribution is 6.11. The molecule has 0 radical (unpaired) electrons. The molecule has 3 aliphatic heterocycles. The zero-order chi connectivity index (χ0) is 21.1. The van der Waals surface area contributed by atoms with E-state index in [9.17, 15) is 9.59 Å². The number of aryl methyl sites for hydroxylation is 1. The highest BCUT2D eigenvalue weighted by atomic mass is 16.5. The van der Waals surface area contributed by atoms with Crippen LogP contribution in [0.1, 0.15) is 38.2 Å². The van der Waals surface area contributed by atoms with Crippen molar-refractivity contribution in [3.8, 4) is 5.75 Å². The Labute approximate surface area is 177 Å². The number of carbonyl (C=O) groups is 2. The fourth-order valence-electron chi connectivity index (χ4n) is 4.57. The molecule has 4 rings (SSSR count). The van der Waals surface area contributed by atoms with E-state index < -0.39 is 5.54 Å². The van der Waals surface area contributed by atoms with E-state index in [1.807, 2.05) is 29.2 Å². The molecule has 1 saturated heterocycles.